The highest BCUT2D eigenvalue weighted by Crippen LogP contribution is 2.58. The third-order valence-corrected chi connectivity index (χ3v) is 27.1. The van der Waals surface area contributed by atoms with E-state index >= 15 is 0 Å². The Balaban J connectivity index is 0.586. The second kappa shape index (κ2) is 26.8. The van der Waals surface area contributed by atoms with Gasteiger partial charge in [0.15, 0.2) is 0 Å². The van der Waals surface area contributed by atoms with Crippen molar-refractivity contribution in [1.29, 1.82) is 0 Å². The van der Waals surface area contributed by atoms with Crippen LogP contribution in [0, 0.1) is 0 Å². The second-order valence-corrected chi connectivity index (χ2v) is 35.2. The zero-order chi connectivity index (χ0) is 79.5. The lowest BCUT2D eigenvalue weighted by Crippen LogP contribution is -2.18. The van der Waals surface area contributed by atoms with E-state index < -0.39 is 0 Å². The fraction of sp³-hybridized carbons (Fsp3) is 0.103. The first-order valence-electron chi connectivity index (χ1n) is 41.7. The van der Waals surface area contributed by atoms with Crippen molar-refractivity contribution in [3.05, 3.63) is 433 Å². The summed E-state index contributed by atoms with van der Waals surface area (Å²) in [6.07, 6.45) is 0. The van der Waals surface area contributed by atoms with Crippen molar-refractivity contribution in [2.24, 2.45) is 0 Å². The predicted molar refractivity (Wildman–Crippen MR) is 499 cm³/mol. The fourth-order valence-corrected chi connectivity index (χ4v) is 20.6. The van der Waals surface area contributed by atoms with E-state index in [9.17, 15) is 0 Å². The molecule has 0 N–H and O–H groups in total. The van der Waals surface area contributed by atoms with Gasteiger partial charge in [0.25, 0.3) is 0 Å². The van der Waals surface area contributed by atoms with Crippen LogP contribution < -0.4 is 9.80 Å². The van der Waals surface area contributed by atoms with Crippen molar-refractivity contribution < 1.29 is 0 Å². The molecular weight excluding hydrogens is 1420 g/mol. The molecular formula is C116H88N2. The molecule has 0 bridgehead atoms. The van der Waals surface area contributed by atoms with Crippen LogP contribution in [-0.2, 0) is 21.7 Å². The highest BCUT2D eigenvalue weighted by molar-refractivity contribution is 6.06. The van der Waals surface area contributed by atoms with Gasteiger partial charge in [0.05, 0.1) is 0 Å². The highest BCUT2D eigenvalue weighted by Gasteiger charge is 2.41. The number of fused-ring (bicyclic) bond motifs is 14. The van der Waals surface area contributed by atoms with E-state index in [1.54, 1.807) is 0 Å². The van der Waals surface area contributed by atoms with Gasteiger partial charge < -0.3 is 9.80 Å². The van der Waals surface area contributed by atoms with E-state index in [0.717, 1.165) is 34.1 Å². The molecule has 0 aromatic heterocycles. The first-order valence-corrected chi connectivity index (χ1v) is 41.7. The third kappa shape index (κ3) is 11.3. The largest absolute Gasteiger partial charge is 0.310 e. The van der Waals surface area contributed by atoms with Crippen molar-refractivity contribution in [3.8, 4) is 122 Å². The van der Waals surface area contributed by atoms with E-state index in [0.29, 0.717) is 0 Å². The molecule has 0 saturated carbocycles. The third-order valence-electron chi connectivity index (χ3n) is 27.1. The first-order chi connectivity index (χ1) is 57.5. The monoisotopic (exact) mass is 1510 g/mol. The van der Waals surface area contributed by atoms with Crippen LogP contribution >= 0.6 is 0 Å². The number of hydrogen-bond acceptors (Lipinski definition) is 2. The molecule has 0 atom stereocenters. The number of anilines is 6. The van der Waals surface area contributed by atoms with Gasteiger partial charge in [-0.3, -0.25) is 0 Å². The molecule has 0 saturated heterocycles. The van der Waals surface area contributed by atoms with Gasteiger partial charge in [-0.05, 0) is 286 Å². The van der Waals surface area contributed by atoms with E-state index in [1.807, 2.05) is 0 Å². The average molecular weight is 1510 g/mol. The van der Waals surface area contributed by atoms with Gasteiger partial charge in [-0.1, -0.05) is 347 Å². The lowest BCUT2D eigenvalue weighted by atomic mass is 9.81. The predicted octanol–water partition coefficient (Wildman–Crippen LogP) is 31.8. The zero-order valence-electron chi connectivity index (χ0n) is 67.8. The Bertz CT molecular complexity index is 7120. The van der Waals surface area contributed by atoms with E-state index in [-0.39, 0.29) is 21.7 Å². The summed E-state index contributed by atoms with van der Waals surface area (Å²) in [6, 6.07) is 147. The minimum absolute atomic E-state index is 0.169. The number of rotatable bonds is 13. The molecule has 18 aromatic rings. The summed E-state index contributed by atoms with van der Waals surface area (Å²) in [6.45, 7) is 19.3. The van der Waals surface area contributed by atoms with Crippen LogP contribution in [0.25, 0.3) is 144 Å². The Morgan fingerprint density at radius 3 is 0.822 bits per heavy atom. The summed E-state index contributed by atoms with van der Waals surface area (Å²) in [7, 11) is 0. The molecule has 2 nitrogen and oxygen atoms in total. The number of benzene rings is 18. The molecule has 118 heavy (non-hydrogen) atoms. The average Bonchev–Trinajstić information content (AvgIpc) is 1.63. The Hall–Kier alpha value is -13.9. The Kier molecular flexibility index (Phi) is 16.1. The van der Waals surface area contributed by atoms with E-state index in [4.69, 9.17) is 0 Å². The quantitative estimate of drug-likeness (QED) is 0.114. The normalized spacial score (nSPS) is 14.2. The Morgan fingerprint density at radius 2 is 0.398 bits per heavy atom. The Labute approximate surface area is 693 Å². The highest BCUT2D eigenvalue weighted by atomic mass is 15.1. The molecule has 562 valence electrons. The van der Waals surface area contributed by atoms with Crippen LogP contribution in [-0.4, -0.2) is 0 Å². The second-order valence-electron chi connectivity index (χ2n) is 35.2. The molecule has 0 amide bonds. The molecule has 0 heterocycles. The molecule has 0 spiro atoms. The number of hydrogen-bond donors (Lipinski definition) is 0. The van der Waals surface area contributed by atoms with Crippen LogP contribution in [0.3, 0.4) is 0 Å². The molecule has 4 aliphatic carbocycles. The molecule has 0 unspecified atom stereocenters. The van der Waals surface area contributed by atoms with Crippen molar-refractivity contribution in [3.63, 3.8) is 0 Å². The fourth-order valence-electron chi connectivity index (χ4n) is 20.6. The smallest absolute Gasteiger partial charge is 0.0465 e. The van der Waals surface area contributed by atoms with Crippen LogP contribution in [0.5, 0.6) is 0 Å². The maximum Gasteiger partial charge on any atom is 0.0465 e. The van der Waals surface area contributed by atoms with Crippen LogP contribution in [0.2, 0.25) is 0 Å². The van der Waals surface area contributed by atoms with Crippen LogP contribution in [0.4, 0.5) is 34.1 Å². The van der Waals surface area contributed by atoms with Gasteiger partial charge in [-0.2, -0.15) is 0 Å². The van der Waals surface area contributed by atoms with Gasteiger partial charge >= 0.3 is 0 Å². The Morgan fingerprint density at radius 1 is 0.144 bits per heavy atom. The lowest BCUT2D eigenvalue weighted by molar-refractivity contribution is 0.660. The summed E-state index contributed by atoms with van der Waals surface area (Å²) in [5.41, 5.74) is 44.0. The molecule has 22 rings (SSSR count). The zero-order valence-corrected chi connectivity index (χ0v) is 67.8. The summed E-state index contributed by atoms with van der Waals surface area (Å²) in [5.74, 6) is 0. The molecule has 18 aromatic carbocycles. The standard InChI is InChI=1S/C116H88N2/c1-113(2)105-32-18-17-27-97(105)101-61-54-89(69-109(101)113)118(92-56-63-103-99-59-48-85(67-107(99)115(5,6)111(103)71-92)79-39-35-77(36-40-79)74-23-13-10-14-24-74)88-52-45-81(46-53-88)93-28-19-31-96-94(29-20-30-95(93)96)86-49-60-100-104-64-57-91(72-112(104)116(7,8)108(100)68-86)117(87-50-43-80(44-51-87)83-42-41-75-25-15-16-26-82(75)65-83)90-55-62-102-98-58-47-84(66-106(98)114(3,4)110(102)70-90)78-37-33-76(34-38-78)73-21-11-9-12-22-73/h9-72H,1-8H3. The van der Waals surface area contributed by atoms with E-state index in [2.05, 4.69) is 453 Å². The summed E-state index contributed by atoms with van der Waals surface area (Å²) in [4.78, 5) is 4.99. The van der Waals surface area contributed by atoms with Crippen molar-refractivity contribution in [2.45, 2.75) is 77.0 Å². The lowest BCUT2D eigenvalue weighted by Gasteiger charge is -2.30. The maximum absolute atomic E-state index is 2.50. The SMILES string of the molecule is CC1(C)c2ccccc2-c2ccc(N(c3ccc(-c4cccc5c(-c6ccc7c(c6)C(C)(C)c6cc(N(c8ccc(-c9ccc%10ccccc%10c9)cc8)c8ccc9c(c8)C(C)(C)c8cc(-c%10ccc(-c%11ccccc%11)cc%10)ccc8-9)ccc6-7)cccc45)cc3)c3ccc4c(c3)C(C)(C)c3cc(-c5ccc(-c6ccccc6)cc5)ccc3-4)cc21. The molecule has 0 radical (unpaired) electrons. The van der Waals surface area contributed by atoms with Gasteiger partial charge in [-0.15, -0.1) is 0 Å². The summed E-state index contributed by atoms with van der Waals surface area (Å²) < 4.78 is 0. The van der Waals surface area contributed by atoms with Crippen LogP contribution in [0.1, 0.15) is 99.9 Å². The number of nitrogens with zero attached hydrogens (tertiary/aromatic N) is 2. The van der Waals surface area contributed by atoms with Crippen molar-refractivity contribution >= 4 is 55.7 Å². The first kappa shape index (κ1) is 70.7. The summed E-state index contributed by atoms with van der Waals surface area (Å²) in [5, 5.41) is 4.94. The van der Waals surface area contributed by atoms with E-state index in [1.165, 1.54) is 188 Å². The maximum atomic E-state index is 2.50. The minimum atomic E-state index is -0.321. The van der Waals surface area contributed by atoms with Gasteiger partial charge in [0, 0.05) is 55.8 Å². The summed E-state index contributed by atoms with van der Waals surface area (Å²) >= 11 is 0. The van der Waals surface area contributed by atoms with Crippen molar-refractivity contribution in [2.75, 3.05) is 9.80 Å². The molecule has 4 aliphatic rings. The van der Waals surface area contributed by atoms with Crippen LogP contribution in [0.15, 0.2) is 388 Å². The topological polar surface area (TPSA) is 6.48 Å². The molecule has 0 aliphatic heterocycles. The molecule has 0 fully saturated rings. The van der Waals surface area contributed by atoms with Gasteiger partial charge in [0.1, 0.15) is 0 Å². The van der Waals surface area contributed by atoms with Gasteiger partial charge in [0.2, 0.25) is 0 Å². The minimum Gasteiger partial charge on any atom is -0.310 e. The molecule has 2 heteroatoms. The van der Waals surface area contributed by atoms with Gasteiger partial charge in [-0.25, -0.2) is 0 Å². The van der Waals surface area contributed by atoms with Crippen molar-refractivity contribution in [1.82, 2.24) is 0 Å².